The van der Waals surface area contributed by atoms with Crippen molar-refractivity contribution in [2.75, 3.05) is 31.1 Å². The normalized spacial score (nSPS) is 14.5. The van der Waals surface area contributed by atoms with E-state index < -0.39 is 4.92 Å². The van der Waals surface area contributed by atoms with E-state index in [1.165, 1.54) is 11.6 Å². The van der Waals surface area contributed by atoms with E-state index >= 15 is 0 Å². The van der Waals surface area contributed by atoms with Gasteiger partial charge in [-0.3, -0.25) is 14.9 Å². The number of anilines is 1. The Morgan fingerprint density at radius 2 is 1.70 bits per heavy atom. The molecule has 0 N–H and O–H groups in total. The molecular weight excluding hydrogens is 366 g/mol. The van der Waals surface area contributed by atoms with E-state index in [4.69, 9.17) is 11.6 Å². The molecule has 0 spiro atoms. The number of halogens is 1. The van der Waals surface area contributed by atoms with Gasteiger partial charge in [0.25, 0.3) is 11.6 Å². The summed E-state index contributed by atoms with van der Waals surface area (Å²) in [4.78, 5) is 27.3. The molecule has 0 saturated carbocycles. The zero-order valence-corrected chi connectivity index (χ0v) is 16.1. The molecule has 6 nitrogen and oxygen atoms in total. The van der Waals surface area contributed by atoms with Crippen molar-refractivity contribution in [1.29, 1.82) is 0 Å². The number of piperazine rings is 1. The smallest absolute Gasteiger partial charge is 0.294 e. The first-order valence-electron chi connectivity index (χ1n) is 8.95. The third kappa shape index (κ3) is 4.06. The molecule has 2 aromatic rings. The minimum absolute atomic E-state index is 0.00782. The molecule has 7 heteroatoms. The van der Waals surface area contributed by atoms with Crippen molar-refractivity contribution in [3.05, 3.63) is 68.7 Å². The van der Waals surface area contributed by atoms with Crippen molar-refractivity contribution in [1.82, 2.24) is 4.90 Å². The first-order chi connectivity index (χ1) is 12.9. The summed E-state index contributed by atoms with van der Waals surface area (Å²) < 4.78 is 0. The quantitative estimate of drug-likeness (QED) is 0.578. The van der Waals surface area contributed by atoms with Crippen LogP contribution in [0.25, 0.3) is 0 Å². The highest BCUT2D eigenvalue weighted by molar-refractivity contribution is 6.33. The van der Waals surface area contributed by atoms with Gasteiger partial charge in [-0.2, -0.15) is 0 Å². The van der Waals surface area contributed by atoms with E-state index in [9.17, 15) is 14.9 Å². The second-order valence-corrected chi connectivity index (χ2v) is 7.33. The molecule has 1 heterocycles. The summed E-state index contributed by atoms with van der Waals surface area (Å²) in [5, 5.41) is 11.7. The summed E-state index contributed by atoms with van der Waals surface area (Å²) in [5.41, 5.74) is 2.28. The van der Waals surface area contributed by atoms with Crippen LogP contribution in [0.5, 0.6) is 0 Å². The molecule has 0 bridgehead atoms. The van der Waals surface area contributed by atoms with E-state index in [-0.39, 0.29) is 11.6 Å². The number of para-hydroxylation sites is 1. The fourth-order valence-corrected chi connectivity index (χ4v) is 3.58. The third-order valence-electron chi connectivity index (χ3n) is 4.87. The second-order valence-electron chi connectivity index (χ2n) is 6.92. The van der Waals surface area contributed by atoms with Gasteiger partial charge in [-0.05, 0) is 29.7 Å². The molecule has 142 valence electrons. The number of nitro benzene ring substituents is 1. The number of hydrogen-bond acceptors (Lipinski definition) is 4. The molecule has 1 aliphatic heterocycles. The van der Waals surface area contributed by atoms with Gasteiger partial charge in [-0.1, -0.05) is 43.6 Å². The van der Waals surface area contributed by atoms with E-state index in [2.05, 4.69) is 13.8 Å². The number of hydrogen-bond donors (Lipinski definition) is 0. The number of amides is 1. The Morgan fingerprint density at radius 1 is 1.07 bits per heavy atom. The fraction of sp³-hybridized carbons (Fsp3) is 0.350. The molecule has 3 rings (SSSR count). The standard InChI is InChI=1S/C20H22ClN3O3/c1-14(2)15-6-8-16(9-7-15)20(25)23-12-10-22(11-13-23)19-17(21)4-3-5-18(19)24(26)27/h3-9,14H,10-13H2,1-2H3. The van der Waals surface area contributed by atoms with Crippen LogP contribution in [0.1, 0.15) is 35.7 Å². The average Bonchev–Trinajstić information content (AvgIpc) is 2.67. The van der Waals surface area contributed by atoms with Crippen LogP contribution in [0.4, 0.5) is 11.4 Å². The Balaban J connectivity index is 1.71. The number of nitro groups is 1. The second kappa shape index (κ2) is 7.96. The molecule has 0 unspecified atom stereocenters. The SMILES string of the molecule is CC(C)c1ccc(C(=O)N2CCN(c3c(Cl)cccc3[N+](=O)[O-])CC2)cc1. The molecule has 0 atom stereocenters. The van der Waals surface area contributed by atoms with Crippen molar-refractivity contribution in [3.8, 4) is 0 Å². The molecular formula is C20H22ClN3O3. The summed E-state index contributed by atoms with van der Waals surface area (Å²) in [6.45, 7) is 6.22. The predicted octanol–water partition coefficient (Wildman–Crippen LogP) is 4.33. The van der Waals surface area contributed by atoms with Gasteiger partial charge in [0.05, 0.1) is 9.95 Å². The molecule has 1 fully saturated rings. The van der Waals surface area contributed by atoms with Gasteiger partial charge in [0.2, 0.25) is 0 Å². The number of carbonyl (C=O) groups is 1. The highest BCUT2D eigenvalue weighted by Crippen LogP contribution is 2.35. The van der Waals surface area contributed by atoms with Crippen LogP contribution in [-0.4, -0.2) is 41.9 Å². The largest absolute Gasteiger partial charge is 0.361 e. The van der Waals surface area contributed by atoms with Gasteiger partial charge in [-0.25, -0.2) is 0 Å². The maximum Gasteiger partial charge on any atom is 0.294 e. The summed E-state index contributed by atoms with van der Waals surface area (Å²) in [6.07, 6.45) is 0. The Kier molecular flexibility index (Phi) is 5.65. The monoisotopic (exact) mass is 387 g/mol. The van der Waals surface area contributed by atoms with Gasteiger partial charge in [0.15, 0.2) is 0 Å². The van der Waals surface area contributed by atoms with E-state index in [1.54, 1.807) is 17.0 Å². The van der Waals surface area contributed by atoms with Crippen LogP contribution in [-0.2, 0) is 0 Å². The molecule has 1 amide bonds. The van der Waals surface area contributed by atoms with Crippen molar-refractivity contribution in [2.45, 2.75) is 19.8 Å². The lowest BCUT2D eigenvalue weighted by molar-refractivity contribution is -0.384. The van der Waals surface area contributed by atoms with Gasteiger partial charge in [0.1, 0.15) is 5.69 Å². The Morgan fingerprint density at radius 3 is 2.26 bits per heavy atom. The van der Waals surface area contributed by atoms with Crippen LogP contribution < -0.4 is 4.90 Å². The van der Waals surface area contributed by atoms with Crippen LogP contribution in [0.15, 0.2) is 42.5 Å². The Hall–Kier alpha value is -2.60. The maximum atomic E-state index is 12.7. The molecule has 0 aliphatic carbocycles. The van der Waals surface area contributed by atoms with Gasteiger partial charge in [0, 0.05) is 37.8 Å². The lowest BCUT2D eigenvalue weighted by Crippen LogP contribution is -2.49. The van der Waals surface area contributed by atoms with Crippen LogP contribution in [0, 0.1) is 10.1 Å². The zero-order valence-electron chi connectivity index (χ0n) is 15.4. The highest BCUT2D eigenvalue weighted by atomic mass is 35.5. The lowest BCUT2D eigenvalue weighted by Gasteiger charge is -2.36. The summed E-state index contributed by atoms with van der Waals surface area (Å²) in [6, 6.07) is 12.4. The number of rotatable bonds is 4. The fourth-order valence-electron chi connectivity index (χ4n) is 3.29. The van der Waals surface area contributed by atoms with Crippen molar-refractivity contribution in [3.63, 3.8) is 0 Å². The molecule has 2 aromatic carbocycles. The number of nitrogens with zero attached hydrogens (tertiary/aromatic N) is 3. The zero-order chi connectivity index (χ0) is 19.6. The highest BCUT2D eigenvalue weighted by Gasteiger charge is 2.28. The number of benzene rings is 2. The van der Waals surface area contributed by atoms with Gasteiger partial charge < -0.3 is 9.80 Å². The minimum atomic E-state index is -0.422. The van der Waals surface area contributed by atoms with Crippen molar-refractivity contribution >= 4 is 28.9 Å². The van der Waals surface area contributed by atoms with Crippen molar-refractivity contribution < 1.29 is 9.72 Å². The molecule has 0 aromatic heterocycles. The molecule has 1 saturated heterocycles. The predicted molar refractivity (Wildman–Crippen MR) is 107 cm³/mol. The van der Waals surface area contributed by atoms with Crippen LogP contribution in [0.3, 0.4) is 0 Å². The summed E-state index contributed by atoms with van der Waals surface area (Å²) >= 11 is 6.22. The summed E-state index contributed by atoms with van der Waals surface area (Å²) in [7, 11) is 0. The van der Waals surface area contributed by atoms with E-state index in [0.717, 1.165) is 0 Å². The lowest BCUT2D eigenvalue weighted by atomic mass is 10.0. The first-order valence-corrected chi connectivity index (χ1v) is 9.33. The molecule has 0 radical (unpaired) electrons. The Labute approximate surface area is 163 Å². The van der Waals surface area contributed by atoms with Crippen molar-refractivity contribution in [2.24, 2.45) is 0 Å². The maximum absolute atomic E-state index is 12.7. The third-order valence-corrected chi connectivity index (χ3v) is 5.17. The molecule has 1 aliphatic rings. The van der Waals surface area contributed by atoms with Gasteiger partial charge >= 0.3 is 0 Å². The van der Waals surface area contributed by atoms with Crippen LogP contribution in [0.2, 0.25) is 5.02 Å². The van der Waals surface area contributed by atoms with E-state index in [1.807, 2.05) is 29.2 Å². The topological polar surface area (TPSA) is 66.7 Å². The van der Waals surface area contributed by atoms with Crippen LogP contribution >= 0.6 is 11.6 Å². The first kappa shape index (κ1) is 19.2. The van der Waals surface area contributed by atoms with Gasteiger partial charge in [-0.15, -0.1) is 0 Å². The average molecular weight is 388 g/mol. The summed E-state index contributed by atoms with van der Waals surface area (Å²) in [5.74, 6) is 0.405. The minimum Gasteiger partial charge on any atom is -0.361 e. The Bertz CT molecular complexity index is 844. The molecule has 27 heavy (non-hydrogen) atoms. The van der Waals surface area contributed by atoms with E-state index in [0.29, 0.717) is 48.4 Å². The number of carbonyl (C=O) groups excluding carboxylic acids is 1.